The van der Waals surface area contributed by atoms with E-state index in [1.54, 1.807) is 18.4 Å². The molecule has 0 saturated heterocycles. The zero-order valence-electron chi connectivity index (χ0n) is 12.8. The van der Waals surface area contributed by atoms with Gasteiger partial charge in [0.1, 0.15) is 18.1 Å². The number of nitrogens with zero attached hydrogens (tertiary/aromatic N) is 1. The maximum absolute atomic E-state index is 5.99. The van der Waals surface area contributed by atoms with Crippen LogP contribution in [0.3, 0.4) is 0 Å². The Morgan fingerprint density at radius 3 is 2.54 bits per heavy atom. The standard InChI is InChI=1S/C19H15Cl2NO2/c20-18-8-5-15(10-19(18)21)13-24-16-6-3-14(4-7-16)11-22-12-17-2-1-9-23-17/h1-11H,12-13H2/b22-11-. The molecule has 0 amide bonds. The molecule has 122 valence electrons. The van der Waals surface area contributed by atoms with Crippen molar-refractivity contribution in [1.29, 1.82) is 0 Å². The lowest BCUT2D eigenvalue weighted by Gasteiger charge is -2.07. The van der Waals surface area contributed by atoms with Gasteiger partial charge in [-0.15, -0.1) is 0 Å². The maximum Gasteiger partial charge on any atom is 0.125 e. The molecular weight excluding hydrogens is 345 g/mol. The van der Waals surface area contributed by atoms with Crippen LogP contribution < -0.4 is 4.74 Å². The van der Waals surface area contributed by atoms with Gasteiger partial charge in [-0.2, -0.15) is 0 Å². The average Bonchev–Trinajstić information content (AvgIpc) is 3.10. The van der Waals surface area contributed by atoms with Gasteiger partial charge in [-0.05, 0) is 59.7 Å². The van der Waals surface area contributed by atoms with Crippen molar-refractivity contribution in [2.24, 2.45) is 4.99 Å². The van der Waals surface area contributed by atoms with Crippen molar-refractivity contribution in [2.45, 2.75) is 13.2 Å². The van der Waals surface area contributed by atoms with E-state index in [-0.39, 0.29) is 0 Å². The zero-order chi connectivity index (χ0) is 16.8. The first-order chi connectivity index (χ1) is 11.7. The molecule has 1 heterocycles. The lowest BCUT2D eigenvalue weighted by molar-refractivity contribution is 0.306. The highest BCUT2D eigenvalue weighted by Crippen LogP contribution is 2.23. The van der Waals surface area contributed by atoms with E-state index in [0.717, 1.165) is 22.6 Å². The van der Waals surface area contributed by atoms with Crippen molar-refractivity contribution >= 4 is 29.4 Å². The summed E-state index contributed by atoms with van der Waals surface area (Å²) >= 11 is 11.9. The van der Waals surface area contributed by atoms with Gasteiger partial charge >= 0.3 is 0 Å². The molecule has 0 bridgehead atoms. The molecule has 0 fully saturated rings. The van der Waals surface area contributed by atoms with Crippen LogP contribution in [-0.4, -0.2) is 6.21 Å². The Labute approximate surface area is 150 Å². The van der Waals surface area contributed by atoms with E-state index in [4.69, 9.17) is 32.4 Å². The van der Waals surface area contributed by atoms with E-state index in [1.165, 1.54) is 0 Å². The number of halogens is 2. The van der Waals surface area contributed by atoms with E-state index in [0.29, 0.717) is 23.2 Å². The second-order valence-corrected chi connectivity index (χ2v) is 5.97. The molecule has 3 rings (SSSR count). The topological polar surface area (TPSA) is 34.7 Å². The molecular formula is C19H15Cl2NO2. The SMILES string of the molecule is Clc1ccc(COc2ccc(/C=N\Cc3ccco3)cc2)cc1Cl. The molecule has 0 spiro atoms. The number of hydrogen-bond acceptors (Lipinski definition) is 3. The van der Waals surface area contributed by atoms with E-state index in [9.17, 15) is 0 Å². The van der Waals surface area contributed by atoms with E-state index in [2.05, 4.69) is 4.99 Å². The molecule has 0 unspecified atom stereocenters. The third kappa shape index (κ3) is 4.63. The molecule has 0 N–H and O–H groups in total. The quantitative estimate of drug-likeness (QED) is 0.522. The molecule has 1 aromatic heterocycles. The average molecular weight is 360 g/mol. The van der Waals surface area contributed by atoms with Crippen LogP contribution in [0.1, 0.15) is 16.9 Å². The third-order valence-corrected chi connectivity index (χ3v) is 4.08. The summed E-state index contributed by atoms with van der Waals surface area (Å²) in [4.78, 5) is 4.34. The molecule has 2 aromatic carbocycles. The predicted molar refractivity (Wildman–Crippen MR) is 97.2 cm³/mol. The summed E-state index contributed by atoms with van der Waals surface area (Å²) in [5, 5.41) is 1.07. The summed E-state index contributed by atoms with van der Waals surface area (Å²) in [6.45, 7) is 0.964. The number of aliphatic imine (C=N–C) groups is 1. The van der Waals surface area contributed by atoms with Gasteiger partial charge in [0.05, 0.1) is 22.9 Å². The number of ether oxygens (including phenoxy) is 1. The zero-order valence-corrected chi connectivity index (χ0v) is 14.3. The van der Waals surface area contributed by atoms with Crippen molar-refractivity contribution in [3.05, 3.63) is 87.8 Å². The Balaban J connectivity index is 1.54. The highest BCUT2D eigenvalue weighted by molar-refractivity contribution is 6.42. The second-order valence-electron chi connectivity index (χ2n) is 5.16. The summed E-state index contributed by atoms with van der Waals surface area (Å²) in [5.41, 5.74) is 1.97. The molecule has 3 aromatic rings. The Bertz CT molecular complexity index is 812. The minimum Gasteiger partial charge on any atom is -0.489 e. The van der Waals surface area contributed by atoms with Gasteiger partial charge in [-0.25, -0.2) is 0 Å². The Hall–Kier alpha value is -2.23. The minimum absolute atomic E-state index is 0.433. The highest BCUT2D eigenvalue weighted by atomic mass is 35.5. The lowest BCUT2D eigenvalue weighted by Crippen LogP contribution is -1.95. The highest BCUT2D eigenvalue weighted by Gasteiger charge is 2.01. The van der Waals surface area contributed by atoms with Crippen molar-refractivity contribution in [2.75, 3.05) is 0 Å². The molecule has 0 atom stereocenters. The van der Waals surface area contributed by atoms with E-state index >= 15 is 0 Å². The summed E-state index contributed by atoms with van der Waals surface area (Å²) in [5.74, 6) is 1.62. The first-order valence-electron chi connectivity index (χ1n) is 7.40. The van der Waals surface area contributed by atoms with Crippen LogP contribution in [0, 0.1) is 0 Å². The van der Waals surface area contributed by atoms with Gasteiger partial charge < -0.3 is 9.15 Å². The monoisotopic (exact) mass is 359 g/mol. The molecule has 0 aliphatic heterocycles. The van der Waals surface area contributed by atoms with Crippen LogP contribution in [0.4, 0.5) is 0 Å². The van der Waals surface area contributed by atoms with Gasteiger partial charge in [-0.1, -0.05) is 29.3 Å². The van der Waals surface area contributed by atoms with Gasteiger partial charge in [-0.3, -0.25) is 4.99 Å². The van der Waals surface area contributed by atoms with E-state index < -0.39 is 0 Å². The first-order valence-corrected chi connectivity index (χ1v) is 8.15. The summed E-state index contributed by atoms with van der Waals surface area (Å²) < 4.78 is 11.0. The molecule has 0 aliphatic carbocycles. The fourth-order valence-corrected chi connectivity index (χ4v) is 2.41. The third-order valence-electron chi connectivity index (χ3n) is 3.34. The van der Waals surface area contributed by atoms with Crippen LogP contribution >= 0.6 is 23.2 Å². The molecule has 5 heteroatoms. The first kappa shape index (κ1) is 16.6. The molecule has 0 radical (unpaired) electrons. The second kappa shape index (κ2) is 8.04. The smallest absolute Gasteiger partial charge is 0.125 e. The van der Waals surface area contributed by atoms with Crippen LogP contribution in [0.5, 0.6) is 5.75 Å². The van der Waals surface area contributed by atoms with Crippen LogP contribution in [0.25, 0.3) is 0 Å². The van der Waals surface area contributed by atoms with Crippen LogP contribution in [-0.2, 0) is 13.2 Å². The Morgan fingerprint density at radius 2 is 1.83 bits per heavy atom. The van der Waals surface area contributed by atoms with Crippen molar-refractivity contribution in [3.8, 4) is 5.75 Å². The van der Waals surface area contributed by atoms with Crippen molar-refractivity contribution in [3.63, 3.8) is 0 Å². The largest absolute Gasteiger partial charge is 0.489 e. The van der Waals surface area contributed by atoms with Crippen molar-refractivity contribution in [1.82, 2.24) is 0 Å². The fraction of sp³-hybridized carbons (Fsp3) is 0.105. The number of rotatable bonds is 6. The van der Waals surface area contributed by atoms with Gasteiger partial charge in [0, 0.05) is 6.21 Å². The lowest BCUT2D eigenvalue weighted by atomic mass is 10.2. The fourth-order valence-electron chi connectivity index (χ4n) is 2.09. The van der Waals surface area contributed by atoms with E-state index in [1.807, 2.05) is 48.7 Å². The predicted octanol–water partition coefficient (Wildman–Crippen LogP) is 5.78. The number of furan rings is 1. The van der Waals surface area contributed by atoms with Crippen LogP contribution in [0.15, 0.2) is 70.3 Å². The molecule has 0 saturated carbocycles. The van der Waals surface area contributed by atoms with Crippen molar-refractivity contribution < 1.29 is 9.15 Å². The van der Waals surface area contributed by atoms with Gasteiger partial charge in [0.2, 0.25) is 0 Å². The normalized spacial score (nSPS) is 11.1. The summed E-state index contributed by atoms with van der Waals surface area (Å²) in [7, 11) is 0. The maximum atomic E-state index is 5.99. The number of hydrogen-bond donors (Lipinski definition) is 0. The Morgan fingerprint density at radius 1 is 1.00 bits per heavy atom. The van der Waals surface area contributed by atoms with Gasteiger partial charge in [0.25, 0.3) is 0 Å². The summed E-state index contributed by atoms with van der Waals surface area (Å²) in [6, 6.07) is 16.9. The van der Waals surface area contributed by atoms with Gasteiger partial charge in [0.15, 0.2) is 0 Å². The molecule has 3 nitrogen and oxygen atoms in total. The molecule has 24 heavy (non-hydrogen) atoms. The number of benzene rings is 2. The minimum atomic E-state index is 0.433. The van der Waals surface area contributed by atoms with Crippen LogP contribution in [0.2, 0.25) is 10.0 Å². The Kier molecular flexibility index (Phi) is 5.57. The summed E-state index contributed by atoms with van der Waals surface area (Å²) in [6.07, 6.45) is 3.45. The molecule has 0 aliphatic rings.